The van der Waals surface area contributed by atoms with E-state index in [9.17, 15) is 0 Å². The summed E-state index contributed by atoms with van der Waals surface area (Å²) < 4.78 is 0. The van der Waals surface area contributed by atoms with E-state index in [1.165, 1.54) is 30.8 Å². The molecule has 1 aromatic rings. The fourth-order valence-electron chi connectivity index (χ4n) is 1.68. The first-order chi connectivity index (χ1) is 6.95. The molecule has 0 aliphatic carbocycles. The second kappa shape index (κ2) is 5.37. The summed E-state index contributed by atoms with van der Waals surface area (Å²) in [6, 6.07) is 4.19. The van der Waals surface area contributed by atoms with E-state index in [4.69, 9.17) is 0 Å². The van der Waals surface area contributed by atoms with Crippen molar-refractivity contribution < 1.29 is 0 Å². The van der Waals surface area contributed by atoms with Crippen LogP contribution in [0.25, 0.3) is 0 Å². The molecule has 0 radical (unpaired) electrons. The molecule has 1 atom stereocenters. The zero-order valence-electron chi connectivity index (χ0n) is 8.28. The van der Waals surface area contributed by atoms with Crippen molar-refractivity contribution in [3.05, 3.63) is 30.1 Å². The van der Waals surface area contributed by atoms with E-state index in [2.05, 4.69) is 22.4 Å². The molecule has 0 amide bonds. The molecule has 1 saturated heterocycles. The Morgan fingerprint density at radius 3 is 3.00 bits per heavy atom. The van der Waals surface area contributed by atoms with Crippen molar-refractivity contribution in [3.63, 3.8) is 0 Å². The maximum atomic E-state index is 4.01. The summed E-state index contributed by atoms with van der Waals surface area (Å²) in [6.07, 6.45) is 5.09. The topological polar surface area (TPSA) is 24.9 Å². The quantitative estimate of drug-likeness (QED) is 0.818. The largest absolute Gasteiger partial charge is 0.316 e. The minimum atomic E-state index is 0.891. The van der Waals surface area contributed by atoms with E-state index in [-0.39, 0.29) is 0 Å². The van der Waals surface area contributed by atoms with Crippen molar-refractivity contribution in [1.29, 1.82) is 0 Å². The average Bonchev–Trinajstić information content (AvgIpc) is 2.72. The standard InChI is InChI=1S/C11H16N2S/c1-4-12-5-2-10(1)8-14-9-11-3-6-13-7-11/h1-2,4-5,11,13H,3,6-9H2/t11-/m0/s1. The molecule has 2 heterocycles. The normalized spacial score (nSPS) is 21.3. The van der Waals surface area contributed by atoms with Crippen molar-refractivity contribution in [3.8, 4) is 0 Å². The molecule has 1 N–H and O–H groups in total. The van der Waals surface area contributed by atoms with Crippen LogP contribution in [0.15, 0.2) is 24.5 Å². The summed E-state index contributed by atoms with van der Waals surface area (Å²) in [5.41, 5.74) is 1.39. The monoisotopic (exact) mass is 208 g/mol. The zero-order chi connectivity index (χ0) is 9.64. The Hall–Kier alpha value is -0.540. The van der Waals surface area contributed by atoms with Crippen LogP contribution in [0.1, 0.15) is 12.0 Å². The van der Waals surface area contributed by atoms with E-state index in [0.717, 1.165) is 11.7 Å². The van der Waals surface area contributed by atoms with Crippen LogP contribution in [0.2, 0.25) is 0 Å². The maximum Gasteiger partial charge on any atom is 0.0270 e. The predicted octanol–water partition coefficient (Wildman–Crippen LogP) is 1.92. The summed E-state index contributed by atoms with van der Waals surface area (Å²) >= 11 is 2.04. The van der Waals surface area contributed by atoms with E-state index < -0.39 is 0 Å². The van der Waals surface area contributed by atoms with Crippen LogP contribution < -0.4 is 5.32 Å². The minimum absolute atomic E-state index is 0.891. The van der Waals surface area contributed by atoms with Gasteiger partial charge in [0.05, 0.1) is 0 Å². The van der Waals surface area contributed by atoms with Gasteiger partial charge in [-0.05, 0) is 48.9 Å². The van der Waals surface area contributed by atoms with E-state index in [1.54, 1.807) is 0 Å². The number of rotatable bonds is 4. The molecular weight excluding hydrogens is 192 g/mol. The summed E-state index contributed by atoms with van der Waals surface area (Å²) in [5.74, 6) is 3.30. The number of aromatic nitrogens is 1. The Morgan fingerprint density at radius 2 is 2.29 bits per heavy atom. The van der Waals surface area contributed by atoms with Crippen LogP contribution in [0.4, 0.5) is 0 Å². The minimum Gasteiger partial charge on any atom is -0.316 e. The van der Waals surface area contributed by atoms with Gasteiger partial charge in [0.15, 0.2) is 0 Å². The molecule has 2 nitrogen and oxygen atoms in total. The SMILES string of the molecule is c1cc(CSC[C@H]2CCNC2)ccn1. The summed E-state index contributed by atoms with van der Waals surface area (Å²) in [6.45, 7) is 2.42. The van der Waals surface area contributed by atoms with Crippen LogP contribution in [0, 0.1) is 5.92 Å². The second-order valence-corrected chi connectivity index (χ2v) is 4.76. The molecule has 1 aliphatic rings. The fourth-order valence-corrected chi connectivity index (χ4v) is 2.84. The molecule has 1 fully saturated rings. The number of pyridine rings is 1. The van der Waals surface area contributed by atoms with Gasteiger partial charge in [-0.25, -0.2) is 0 Å². The lowest BCUT2D eigenvalue weighted by atomic mass is 10.2. The lowest BCUT2D eigenvalue weighted by Crippen LogP contribution is -2.10. The highest BCUT2D eigenvalue weighted by atomic mass is 32.2. The number of hydrogen-bond donors (Lipinski definition) is 1. The molecule has 0 spiro atoms. The van der Waals surface area contributed by atoms with E-state index in [1.807, 2.05) is 24.2 Å². The molecule has 2 rings (SSSR count). The third kappa shape index (κ3) is 3.00. The Bertz CT molecular complexity index is 257. The maximum absolute atomic E-state index is 4.01. The second-order valence-electron chi connectivity index (χ2n) is 3.73. The summed E-state index contributed by atoms with van der Waals surface area (Å²) in [4.78, 5) is 4.01. The molecule has 0 saturated carbocycles. The molecule has 14 heavy (non-hydrogen) atoms. The smallest absolute Gasteiger partial charge is 0.0270 e. The number of hydrogen-bond acceptors (Lipinski definition) is 3. The van der Waals surface area contributed by atoms with Crippen molar-refractivity contribution in [1.82, 2.24) is 10.3 Å². The third-order valence-electron chi connectivity index (χ3n) is 2.53. The van der Waals surface area contributed by atoms with Crippen molar-refractivity contribution in [2.75, 3.05) is 18.8 Å². The van der Waals surface area contributed by atoms with Gasteiger partial charge >= 0.3 is 0 Å². The molecule has 0 aromatic carbocycles. The molecule has 0 bridgehead atoms. The Morgan fingerprint density at radius 1 is 1.43 bits per heavy atom. The highest BCUT2D eigenvalue weighted by Gasteiger charge is 2.13. The van der Waals surface area contributed by atoms with E-state index in [0.29, 0.717) is 0 Å². The first-order valence-electron chi connectivity index (χ1n) is 5.12. The molecule has 0 unspecified atom stereocenters. The van der Waals surface area contributed by atoms with Crippen LogP contribution in [-0.4, -0.2) is 23.8 Å². The van der Waals surface area contributed by atoms with Crippen LogP contribution in [-0.2, 0) is 5.75 Å². The molecule has 1 aromatic heterocycles. The first-order valence-corrected chi connectivity index (χ1v) is 6.28. The molecule has 3 heteroatoms. The number of nitrogens with one attached hydrogen (secondary N) is 1. The Balaban J connectivity index is 1.67. The highest BCUT2D eigenvalue weighted by molar-refractivity contribution is 7.98. The van der Waals surface area contributed by atoms with Crippen molar-refractivity contribution >= 4 is 11.8 Å². The molecule has 1 aliphatic heterocycles. The fraction of sp³-hybridized carbons (Fsp3) is 0.545. The van der Waals surface area contributed by atoms with Gasteiger partial charge in [-0.15, -0.1) is 0 Å². The molecular formula is C11H16N2S. The average molecular weight is 208 g/mol. The first kappa shape index (κ1) is 9.99. The predicted molar refractivity (Wildman–Crippen MR) is 61.4 cm³/mol. The van der Waals surface area contributed by atoms with Gasteiger partial charge in [0.2, 0.25) is 0 Å². The van der Waals surface area contributed by atoms with Crippen LogP contribution in [0.3, 0.4) is 0 Å². The van der Waals surface area contributed by atoms with Crippen LogP contribution in [0.5, 0.6) is 0 Å². The van der Waals surface area contributed by atoms with Gasteiger partial charge in [-0.1, -0.05) is 0 Å². The van der Waals surface area contributed by atoms with Crippen molar-refractivity contribution in [2.24, 2.45) is 5.92 Å². The Kier molecular flexibility index (Phi) is 3.83. The lowest BCUT2D eigenvalue weighted by molar-refractivity contribution is 0.662. The van der Waals surface area contributed by atoms with Gasteiger partial charge in [0.25, 0.3) is 0 Å². The summed E-state index contributed by atoms with van der Waals surface area (Å²) in [5, 5.41) is 3.40. The van der Waals surface area contributed by atoms with E-state index >= 15 is 0 Å². The van der Waals surface area contributed by atoms with Gasteiger partial charge in [-0.3, -0.25) is 4.98 Å². The van der Waals surface area contributed by atoms with Gasteiger partial charge in [0, 0.05) is 18.1 Å². The zero-order valence-corrected chi connectivity index (χ0v) is 9.09. The summed E-state index contributed by atoms with van der Waals surface area (Å²) in [7, 11) is 0. The van der Waals surface area contributed by atoms with Crippen molar-refractivity contribution in [2.45, 2.75) is 12.2 Å². The Labute approximate surface area is 89.5 Å². The lowest BCUT2D eigenvalue weighted by Gasteiger charge is -2.07. The van der Waals surface area contributed by atoms with Gasteiger partial charge in [-0.2, -0.15) is 11.8 Å². The van der Waals surface area contributed by atoms with Gasteiger partial charge in [0.1, 0.15) is 0 Å². The molecule has 76 valence electrons. The van der Waals surface area contributed by atoms with Crippen LogP contribution >= 0.6 is 11.8 Å². The third-order valence-corrected chi connectivity index (χ3v) is 3.78. The number of nitrogens with zero attached hydrogens (tertiary/aromatic N) is 1. The number of thioether (sulfide) groups is 1. The van der Waals surface area contributed by atoms with Gasteiger partial charge < -0.3 is 5.32 Å². The highest BCUT2D eigenvalue weighted by Crippen LogP contribution is 2.18.